The minimum atomic E-state index is -0.271. The van der Waals surface area contributed by atoms with Gasteiger partial charge in [-0.05, 0) is 42.7 Å². The Hall–Kier alpha value is -2.16. The number of carbonyl (C=O) groups excluding carboxylic acids is 1. The summed E-state index contributed by atoms with van der Waals surface area (Å²) in [5.41, 5.74) is 3.03. The highest BCUT2D eigenvalue weighted by Crippen LogP contribution is 2.14. The molecular formula is C17H18FNO. The maximum absolute atomic E-state index is 12.9. The molecule has 0 aliphatic carbocycles. The minimum absolute atomic E-state index is 0.0314. The van der Waals surface area contributed by atoms with Crippen LogP contribution in [0.3, 0.4) is 0 Å². The van der Waals surface area contributed by atoms with E-state index in [1.807, 2.05) is 38.1 Å². The van der Waals surface area contributed by atoms with Gasteiger partial charge in [0.15, 0.2) is 0 Å². The smallest absolute Gasteiger partial charge is 0.224 e. The van der Waals surface area contributed by atoms with E-state index < -0.39 is 0 Å². The Labute approximate surface area is 118 Å². The molecule has 0 spiro atoms. The molecule has 1 amide bonds. The first-order valence-electron chi connectivity index (χ1n) is 6.65. The summed E-state index contributed by atoms with van der Waals surface area (Å²) < 4.78 is 12.9. The van der Waals surface area contributed by atoms with Gasteiger partial charge in [0, 0.05) is 0 Å². The number of aryl methyl sites for hydroxylation is 1. The number of rotatable bonds is 4. The summed E-state index contributed by atoms with van der Waals surface area (Å²) in [4.78, 5) is 12.0. The molecule has 104 valence electrons. The highest BCUT2D eigenvalue weighted by Gasteiger charge is 2.11. The summed E-state index contributed by atoms with van der Waals surface area (Å²) in [6, 6.07) is 13.9. The number of carbonyl (C=O) groups is 1. The maximum atomic E-state index is 12.9. The predicted octanol–water partition coefficient (Wildman–Crippen LogP) is 3.55. The standard InChI is InChI=1S/C17H18FNO/c1-12-5-3-4-6-15(12)11-17(20)19-13(2)14-7-9-16(18)10-8-14/h3-10,13H,11H2,1-2H3,(H,19,20). The summed E-state index contributed by atoms with van der Waals surface area (Å²) in [6.45, 7) is 3.88. The lowest BCUT2D eigenvalue weighted by Gasteiger charge is -2.15. The average molecular weight is 271 g/mol. The van der Waals surface area contributed by atoms with Crippen LogP contribution in [-0.4, -0.2) is 5.91 Å². The van der Waals surface area contributed by atoms with Crippen LogP contribution >= 0.6 is 0 Å². The topological polar surface area (TPSA) is 29.1 Å². The summed E-state index contributed by atoms with van der Waals surface area (Å²) in [5, 5.41) is 2.93. The third-order valence-electron chi connectivity index (χ3n) is 3.36. The van der Waals surface area contributed by atoms with E-state index in [2.05, 4.69) is 5.32 Å². The van der Waals surface area contributed by atoms with Crippen LogP contribution < -0.4 is 5.32 Å². The molecule has 2 nitrogen and oxygen atoms in total. The molecule has 2 aromatic rings. The lowest BCUT2D eigenvalue weighted by atomic mass is 10.0. The van der Waals surface area contributed by atoms with Crippen LogP contribution in [0.5, 0.6) is 0 Å². The van der Waals surface area contributed by atoms with E-state index in [9.17, 15) is 9.18 Å². The van der Waals surface area contributed by atoms with Crippen molar-refractivity contribution in [2.24, 2.45) is 0 Å². The molecule has 1 atom stereocenters. The molecule has 1 N–H and O–H groups in total. The number of hydrogen-bond donors (Lipinski definition) is 1. The fraction of sp³-hybridized carbons (Fsp3) is 0.235. The Morgan fingerprint density at radius 3 is 2.45 bits per heavy atom. The second-order valence-electron chi connectivity index (χ2n) is 4.94. The number of hydrogen-bond acceptors (Lipinski definition) is 1. The van der Waals surface area contributed by atoms with Gasteiger partial charge in [-0.25, -0.2) is 4.39 Å². The van der Waals surface area contributed by atoms with E-state index in [1.165, 1.54) is 12.1 Å². The van der Waals surface area contributed by atoms with Crippen molar-refractivity contribution in [1.82, 2.24) is 5.32 Å². The third kappa shape index (κ3) is 3.67. The summed E-state index contributed by atoms with van der Waals surface area (Å²) in [5.74, 6) is -0.302. The highest BCUT2D eigenvalue weighted by molar-refractivity contribution is 5.79. The van der Waals surface area contributed by atoms with Gasteiger partial charge in [-0.15, -0.1) is 0 Å². The number of amides is 1. The Kier molecular flexibility index (Phi) is 4.51. The van der Waals surface area contributed by atoms with Gasteiger partial charge < -0.3 is 5.32 Å². The lowest BCUT2D eigenvalue weighted by Crippen LogP contribution is -2.28. The van der Waals surface area contributed by atoms with Gasteiger partial charge in [0.2, 0.25) is 5.91 Å². The molecular weight excluding hydrogens is 253 g/mol. The van der Waals surface area contributed by atoms with E-state index in [1.54, 1.807) is 12.1 Å². The Balaban J connectivity index is 1.98. The zero-order chi connectivity index (χ0) is 14.5. The molecule has 2 rings (SSSR count). The summed E-state index contributed by atoms with van der Waals surface area (Å²) >= 11 is 0. The zero-order valence-corrected chi connectivity index (χ0v) is 11.7. The molecule has 0 heterocycles. The van der Waals surface area contributed by atoms with E-state index in [-0.39, 0.29) is 17.8 Å². The third-order valence-corrected chi connectivity index (χ3v) is 3.36. The number of benzene rings is 2. The van der Waals surface area contributed by atoms with Crippen LogP contribution in [0.4, 0.5) is 4.39 Å². The van der Waals surface area contributed by atoms with Crippen LogP contribution in [-0.2, 0) is 11.2 Å². The highest BCUT2D eigenvalue weighted by atomic mass is 19.1. The van der Waals surface area contributed by atoms with Gasteiger partial charge in [-0.1, -0.05) is 36.4 Å². The quantitative estimate of drug-likeness (QED) is 0.905. The van der Waals surface area contributed by atoms with Crippen molar-refractivity contribution in [3.63, 3.8) is 0 Å². The molecule has 0 saturated heterocycles. The van der Waals surface area contributed by atoms with Crippen molar-refractivity contribution < 1.29 is 9.18 Å². The van der Waals surface area contributed by atoms with Crippen LogP contribution in [0.2, 0.25) is 0 Å². The number of nitrogens with one attached hydrogen (secondary N) is 1. The van der Waals surface area contributed by atoms with Crippen molar-refractivity contribution in [2.75, 3.05) is 0 Å². The maximum Gasteiger partial charge on any atom is 0.224 e. The molecule has 0 aliphatic rings. The van der Waals surface area contributed by atoms with Crippen LogP contribution in [0.1, 0.15) is 29.7 Å². The first kappa shape index (κ1) is 14.3. The molecule has 0 fully saturated rings. The van der Waals surface area contributed by atoms with Crippen molar-refractivity contribution in [1.29, 1.82) is 0 Å². The van der Waals surface area contributed by atoms with Crippen LogP contribution in [0.25, 0.3) is 0 Å². The molecule has 0 aromatic heterocycles. The van der Waals surface area contributed by atoms with Crippen LogP contribution in [0, 0.1) is 12.7 Å². The minimum Gasteiger partial charge on any atom is -0.349 e. The molecule has 0 radical (unpaired) electrons. The van der Waals surface area contributed by atoms with E-state index in [0.29, 0.717) is 6.42 Å². The molecule has 20 heavy (non-hydrogen) atoms. The SMILES string of the molecule is Cc1ccccc1CC(=O)NC(C)c1ccc(F)cc1. The van der Waals surface area contributed by atoms with Gasteiger partial charge >= 0.3 is 0 Å². The van der Waals surface area contributed by atoms with E-state index >= 15 is 0 Å². The molecule has 2 aromatic carbocycles. The summed E-state index contributed by atoms with van der Waals surface area (Å²) in [7, 11) is 0. The van der Waals surface area contributed by atoms with Gasteiger partial charge in [0.25, 0.3) is 0 Å². The monoisotopic (exact) mass is 271 g/mol. The fourth-order valence-corrected chi connectivity index (χ4v) is 2.11. The van der Waals surface area contributed by atoms with Crippen molar-refractivity contribution in [3.05, 3.63) is 71.0 Å². The van der Waals surface area contributed by atoms with Crippen molar-refractivity contribution >= 4 is 5.91 Å². The van der Waals surface area contributed by atoms with Crippen LogP contribution in [0.15, 0.2) is 48.5 Å². The van der Waals surface area contributed by atoms with Gasteiger partial charge in [-0.2, -0.15) is 0 Å². The average Bonchev–Trinajstić information content (AvgIpc) is 2.42. The molecule has 3 heteroatoms. The predicted molar refractivity (Wildman–Crippen MR) is 77.8 cm³/mol. The second-order valence-corrected chi connectivity index (χ2v) is 4.94. The van der Waals surface area contributed by atoms with E-state index in [0.717, 1.165) is 16.7 Å². The van der Waals surface area contributed by atoms with E-state index in [4.69, 9.17) is 0 Å². The second kappa shape index (κ2) is 6.33. The zero-order valence-electron chi connectivity index (χ0n) is 11.7. The molecule has 0 saturated carbocycles. The van der Waals surface area contributed by atoms with Gasteiger partial charge in [0.05, 0.1) is 12.5 Å². The van der Waals surface area contributed by atoms with Gasteiger partial charge in [0.1, 0.15) is 5.82 Å². The normalized spacial score (nSPS) is 11.9. The Morgan fingerprint density at radius 2 is 1.80 bits per heavy atom. The summed E-state index contributed by atoms with van der Waals surface area (Å²) in [6.07, 6.45) is 0.359. The van der Waals surface area contributed by atoms with Crippen molar-refractivity contribution in [3.8, 4) is 0 Å². The van der Waals surface area contributed by atoms with Gasteiger partial charge in [-0.3, -0.25) is 4.79 Å². The molecule has 0 aliphatic heterocycles. The molecule has 0 bridgehead atoms. The Bertz CT molecular complexity index is 592. The fourth-order valence-electron chi connectivity index (χ4n) is 2.11. The first-order valence-corrected chi connectivity index (χ1v) is 6.65. The molecule has 1 unspecified atom stereocenters. The van der Waals surface area contributed by atoms with Crippen molar-refractivity contribution in [2.45, 2.75) is 26.3 Å². The lowest BCUT2D eigenvalue weighted by molar-refractivity contribution is -0.121. The largest absolute Gasteiger partial charge is 0.349 e. The number of halogens is 1. The Morgan fingerprint density at radius 1 is 1.15 bits per heavy atom. The first-order chi connectivity index (χ1) is 9.56.